The van der Waals surface area contributed by atoms with E-state index in [1.165, 1.54) is 31.4 Å². The van der Waals surface area contributed by atoms with Gasteiger partial charge in [0.15, 0.2) is 0 Å². The van der Waals surface area contributed by atoms with E-state index in [1.54, 1.807) is 0 Å². The molecule has 0 spiro atoms. The first kappa shape index (κ1) is 26.1. The lowest BCUT2D eigenvalue weighted by molar-refractivity contribution is 0.276. The molecule has 0 saturated heterocycles. The van der Waals surface area contributed by atoms with Crippen LogP contribution < -0.4 is 10.7 Å². The lowest BCUT2D eigenvalue weighted by atomic mass is 9.74. The van der Waals surface area contributed by atoms with Gasteiger partial charge in [0.2, 0.25) is 0 Å². The van der Waals surface area contributed by atoms with Crippen molar-refractivity contribution in [2.24, 2.45) is 15.4 Å². The lowest BCUT2D eigenvalue weighted by Crippen LogP contribution is -2.34. The Kier molecular flexibility index (Phi) is 6.86. The molecule has 0 aromatic carbocycles. The summed E-state index contributed by atoms with van der Waals surface area (Å²) in [5.74, 6) is 0. The quantitative estimate of drug-likeness (QED) is 0.368. The second kappa shape index (κ2) is 9.18. The fraction of sp³-hybridized carbons (Fsp3) is 0.393. The molecule has 2 aromatic heterocycles. The van der Waals surface area contributed by atoms with Gasteiger partial charge in [-0.3, -0.25) is 4.99 Å². The average Bonchev–Trinajstić information content (AvgIpc) is 3.39. The highest BCUT2D eigenvalue weighted by molar-refractivity contribution is 14.1. The second-order valence-electron chi connectivity index (χ2n) is 10.4. The fourth-order valence-corrected chi connectivity index (χ4v) is 6.06. The third-order valence-corrected chi connectivity index (χ3v) is 10.2. The summed E-state index contributed by atoms with van der Waals surface area (Å²) in [6.07, 6.45) is 7.24. The molecule has 7 heteroatoms. The monoisotopic (exact) mass is 691 g/mol. The average molecular weight is 691 g/mol. The third-order valence-electron chi connectivity index (χ3n) is 7.77. The normalized spacial score (nSPS) is 24.0. The van der Waals surface area contributed by atoms with Crippen molar-refractivity contribution in [2.45, 2.75) is 67.3 Å². The van der Waals surface area contributed by atoms with E-state index >= 15 is 0 Å². The van der Waals surface area contributed by atoms with Gasteiger partial charge in [-0.25, -0.2) is 4.99 Å². The van der Waals surface area contributed by atoms with Crippen LogP contribution in [0.3, 0.4) is 0 Å². The largest absolute Gasteiger partial charge is 0.355 e. The number of aromatic amines is 2. The van der Waals surface area contributed by atoms with Gasteiger partial charge in [-0.2, -0.15) is 5.26 Å². The van der Waals surface area contributed by atoms with Crippen LogP contribution in [0.2, 0.25) is 0 Å². The number of hydrogen-bond donors (Lipinski definition) is 2. The Bertz CT molecular complexity index is 1530. The molecule has 2 aliphatic heterocycles. The maximum Gasteiger partial charge on any atom is 0.149 e. The molecule has 0 amide bonds. The first-order chi connectivity index (χ1) is 16.3. The molecule has 35 heavy (non-hydrogen) atoms. The van der Waals surface area contributed by atoms with E-state index in [0.717, 1.165) is 43.6 Å². The topological polar surface area (TPSA) is 80.1 Å². The summed E-state index contributed by atoms with van der Waals surface area (Å²) in [5, 5.41) is 11.8. The second-order valence-corrected chi connectivity index (χ2v) is 12.5. The van der Waals surface area contributed by atoms with Gasteiger partial charge in [0, 0.05) is 36.8 Å². The zero-order valence-corrected chi connectivity index (χ0v) is 25.9. The number of nitriles is 1. The van der Waals surface area contributed by atoms with Gasteiger partial charge < -0.3 is 9.97 Å². The van der Waals surface area contributed by atoms with Crippen LogP contribution in [0.5, 0.6) is 0 Å². The van der Waals surface area contributed by atoms with Gasteiger partial charge in [0.1, 0.15) is 9.26 Å². The van der Waals surface area contributed by atoms with Crippen LogP contribution in [0.4, 0.5) is 0 Å². The smallest absolute Gasteiger partial charge is 0.149 e. The molecule has 2 N–H and O–H groups in total. The van der Waals surface area contributed by atoms with Gasteiger partial charge in [0.05, 0.1) is 11.8 Å². The van der Waals surface area contributed by atoms with Crippen molar-refractivity contribution in [3.63, 3.8) is 0 Å². The zero-order valence-electron chi connectivity index (χ0n) is 21.5. The Morgan fingerprint density at radius 2 is 1.43 bits per heavy atom. The highest BCUT2D eigenvalue weighted by Gasteiger charge is 2.46. The van der Waals surface area contributed by atoms with Gasteiger partial charge in [-0.15, -0.1) is 0 Å². The van der Waals surface area contributed by atoms with Crippen LogP contribution in [0, 0.1) is 44.4 Å². The molecule has 0 radical (unpaired) electrons. The van der Waals surface area contributed by atoms with E-state index in [9.17, 15) is 5.26 Å². The zero-order chi connectivity index (χ0) is 25.9. The predicted octanol–water partition coefficient (Wildman–Crippen LogP) is 6.24. The summed E-state index contributed by atoms with van der Waals surface area (Å²) in [6.45, 7) is 16.9. The molecule has 0 bridgehead atoms. The standard InChI is InChI=1S/C28H31I2N5/c1-14-15(2)21(32-20(14)9-19-12-27(6,7)28(8,13-31)35-19)10-22-16(3)17(4)23(33-22)11-24-25(29)18(5)26(30)34-24/h9-11,32-33H,12H2,1-8H3/b20-9-,21-10-,24-11-. The van der Waals surface area contributed by atoms with Crippen LogP contribution in [-0.4, -0.2) is 24.9 Å². The van der Waals surface area contributed by atoms with Gasteiger partial charge in [0.25, 0.3) is 0 Å². The molecule has 2 aromatic rings. The van der Waals surface area contributed by atoms with E-state index < -0.39 is 5.54 Å². The predicted molar refractivity (Wildman–Crippen MR) is 164 cm³/mol. The minimum absolute atomic E-state index is 0.186. The Labute approximate surface area is 234 Å². The molecule has 0 saturated carbocycles. The molecule has 1 atom stereocenters. The highest BCUT2D eigenvalue weighted by atomic mass is 127. The van der Waals surface area contributed by atoms with Crippen LogP contribution in [0.15, 0.2) is 24.8 Å². The first-order valence-electron chi connectivity index (χ1n) is 11.7. The van der Waals surface area contributed by atoms with Crippen molar-refractivity contribution in [1.82, 2.24) is 9.97 Å². The van der Waals surface area contributed by atoms with Crippen LogP contribution >= 0.6 is 45.2 Å². The van der Waals surface area contributed by atoms with Crippen molar-refractivity contribution >= 4 is 72.8 Å². The number of hydrogen-bond acceptors (Lipinski definition) is 3. The Morgan fingerprint density at radius 1 is 0.857 bits per heavy atom. The fourth-order valence-electron chi connectivity index (χ4n) is 4.48. The summed E-state index contributed by atoms with van der Waals surface area (Å²) >= 11 is 4.68. The molecule has 5 nitrogen and oxygen atoms in total. The Morgan fingerprint density at radius 3 is 1.94 bits per heavy atom. The SMILES string of the molecule is CC1=C(I)/C(=C/c2[nH]c(/C=c3\[nH]/c(=C\C4=NC(C)(C#N)C(C)(C)C4)c(C)c3C)c(C)c2C)N=C1I. The Balaban J connectivity index is 1.76. The lowest BCUT2D eigenvalue weighted by Gasteiger charge is -2.29. The van der Waals surface area contributed by atoms with Crippen molar-refractivity contribution in [2.75, 3.05) is 0 Å². The molecule has 4 heterocycles. The minimum Gasteiger partial charge on any atom is -0.355 e. The number of aromatic nitrogens is 2. The summed E-state index contributed by atoms with van der Waals surface area (Å²) in [6, 6.07) is 2.41. The molecular weight excluding hydrogens is 660 g/mol. The van der Waals surface area contributed by atoms with E-state index in [0.29, 0.717) is 0 Å². The number of allylic oxidation sites excluding steroid dienone is 2. The molecule has 0 fully saturated rings. The number of halogens is 2. The minimum atomic E-state index is -0.694. The Hall–Kier alpha value is -1.93. The van der Waals surface area contributed by atoms with Crippen LogP contribution in [0.25, 0.3) is 18.2 Å². The summed E-state index contributed by atoms with van der Waals surface area (Å²) < 4.78 is 2.25. The van der Waals surface area contributed by atoms with E-state index in [2.05, 4.69) is 128 Å². The van der Waals surface area contributed by atoms with E-state index in [1.807, 2.05) is 6.92 Å². The third kappa shape index (κ3) is 4.52. The number of rotatable bonds is 3. The number of nitrogens with one attached hydrogen (secondary N) is 2. The molecule has 0 aliphatic carbocycles. The molecule has 182 valence electrons. The first-order valence-corrected chi connectivity index (χ1v) is 13.8. The molecular formula is C28H31I2N5. The van der Waals surface area contributed by atoms with E-state index in [-0.39, 0.29) is 5.41 Å². The number of nitrogens with zero attached hydrogens (tertiary/aromatic N) is 3. The maximum atomic E-state index is 9.69. The molecule has 4 rings (SSSR count). The number of aliphatic imine (C=N–C) groups is 2. The van der Waals surface area contributed by atoms with Crippen LogP contribution in [-0.2, 0) is 0 Å². The van der Waals surface area contributed by atoms with E-state index in [4.69, 9.17) is 9.98 Å². The van der Waals surface area contributed by atoms with Gasteiger partial charge >= 0.3 is 0 Å². The van der Waals surface area contributed by atoms with Crippen molar-refractivity contribution < 1.29 is 0 Å². The number of H-pyrrole nitrogens is 2. The highest BCUT2D eigenvalue weighted by Crippen LogP contribution is 2.42. The molecule has 1 unspecified atom stereocenters. The maximum absolute atomic E-state index is 9.69. The summed E-state index contributed by atoms with van der Waals surface area (Å²) in [4.78, 5) is 16.7. The van der Waals surface area contributed by atoms with Gasteiger partial charge in [-0.05, 0) is 139 Å². The molecule has 2 aliphatic rings. The van der Waals surface area contributed by atoms with Crippen LogP contribution in [0.1, 0.15) is 67.8 Å². The van der Waals surface area contributed by atoms with Gasteiger partial charge in [-0.1, -0.05) is 13.8 Å². The van der Waals surface area contributed by atoms with Crippen molar-refractivity contribution in [1.29, 1.82) is 5.26 Å². The summed E-state index contributed by atoms with van der Waals surface area (Å²) in [7, 11) is 0. The summed E-state index contributed by atoms with van der Waals surface area (Å²) in [5.41, 5.74) is 9.40. The van der Waals surface area contributed by atoms with Crippen molar-refractivity contribution in [3.05, 3.63) is 59.2 Å². The van der Waals surface area contributed by atoms with Crippen molar-refractivity contribution in [3.8, 4) is 6.07 Å².